The fraction of sp³-hybridized carbons (Fsp3) is 0.567. The van der Waals surface area contributed by atoms with Crippen LogP contribution in [0.3, 0.4) is 0 Å². The van der Waals surface area contributed by atoms with Crippen LogP contribution in [-0.4, -0.2) is 70.2 Å². The minimum absolute atomic E-state index is 0.0420. The molecule has 3 aliphatic rings. The molecule has 5 rings (SSSR count). The zero-order valence-corrected chi connectivity index (χ0v) is 24.2. The molecule has 0 radical (unpaired) electrons. The summed E-state index contributed by atoms with van der Waals surface area (Å²) >= 11 is 0. The van der Waals surface area contributed by atoms with Gasteiger partial charge in [-0.3, -0.25) is 19.1 Å². The van der Waals surface area contributed by atoms with E-state index < -0.39 is 11.6 Å². The first-order valence-electron chi connectivity index (χ1n) is 14.7. The predicted octanol–water partition coefficient (Wildman–Crippen LogP) is 2.37. The van der Waals surface area contributed by atoms with Gasteiger partial charge in [-0.2, -0.15) is 5.10 Å². The maximum Gasteiger partial charge on any atom is 0.318 e. The second-order valence-corrected chi connectivity index (χ2v) is 11.7. The van der Waals surface area contributed by atoms with Crippen molar-refractivity contribution in [2.45, 2.75) is 69.9 Å². The van der Waals surface area contributed by atoms with Gasteiger partial charge in [0.15, 0.2) is 0 Å². The molecule has 11 heteroatoms. The number of benzene rings is 1. The van der Waals surface area contributed by atoms with Gasteiger partial charge in [0.1, 0.15) is 17.3 Å². The van der Waals surface area contributed by atoms with Crippen LogP contribution in [0.1, 0.15) is 67.1 Å². The summed E-state index contributed by atoms with van der Waals surface area (Å²) in [4.78, 5) is 54.8. The Morgan fingerprint density at radius 1 is 1.12 bits per heavy atom. The highest BCUT2D eigenvalue weighted by Crippen LogP contribution is 2.38. The highest BCUT2D eigenvalue weighted by Gasteiger charge is 2.51. The molecule has 2 fully saturated rings. The Balaban J connectivity index is 1.36. The third-order valence-electron chi connectivity index (χ3n) is 9.16. The van der Waals surface area contributed by atoms with Crippen LogP contribution >= 0.6 is 0 Å². The summed E-state index contributed by atoms with van der Waals surface area (Å²) in [5.41, 5.74) is 1.87. The molecule has 2 aliphatic carbocycles. The highest BCUT2D eigenvalue weighted by molar-refractivity contribution is 6.01. The van der Waals surface area contributed by atoms with Crippen LogP contribution in [-0.2, 0) is 29.5 Å². The summed E-state index contributed by atoms with van der Waals surface area (Å²) in [7, 11) is 3.30. The van der Waals surface area contributed by atoms with Gasteiger partial charge < -0.3 is 26.2 Å². The molecule has 2 aromatic rings. The Kier molecular flexibility index (Phi) is 8.32. The Morgan fingerprint density at radius 3 is 2.56 bits per heavy atom. The molecule has 1 saturated heterocycles. The van der Waals surface area contributed by atoms with Gasteiger partial charge in [-0.1, -0.05) is 32.3 Å². The number of nitrogens with one attached hydrogen (secondary N) is 4. The van der Waals surface area contributed by atoms with Crippen molar-refractivity contribution in [3.05, 3.63) is 47.3 Å². The zero-order chi connectivity index (χ0) is 29.1. The minimum Gasteiger partial charge on any atom is -0.357 e. The van der Waals surface area contributed by atoms with Crippen LogP contribution in [0.2, 0.25) is 0 Å². The van der Waals surface area contributed by atoms with Crippen LogP contribution in [0.5, 0.6) is 0 Å². The lowest BCUT2D eigenvalue weighted by Gasteiger charge is -2.44. The second kappa shape index (κ2) is 11.9. The summed E-state index contributed by atoms with van der Waals surface area (Å²) < 4.78 is 1.50. The number of carbonyl (C=O) groups excluding carboxylic acids is 4. The van der Waals surface area contributed by atoms with E-state index in [-0.39, 0.29) is 35.6 Å². The fourth-order valence-corrected chi connectivity index (χ4v) is 6.71. The zero-order valence-electron chi connectivity index (χ0n) is 24.2. The number of carbonyl (C=O) groups is 4. The lowest BCUT2D eigenvalue weighted by atomic mass is 9.83. The molecule has 2 heterocycles. The average Bonchev–Trinajstić information content (AvgIpc) is 3.59. The van der Waals surface area contributed by atoms with Crippen molar-refractivity contribution in [3.63, 3.8) is 0 Å². The van der Waals surface area contributed by atoms with Crippen molar-refractivity contribution in [3.8, 4) is 0 Å². The van der Waals surface area contributed by atoms with Crippen LogP contribution < -0.4 is 21.3 Å². The van der Waals surface area contributed by atoms with Crippen molar-refractivity contribution in [2.75, 3.05) is 25.5 Å². The van der Waals surface area contributed by atoms with Gasteiger partial charge in [-0.25, -0.2) is 4.79 Å². The number of hydrogen-bond acceptors (Lipinski definition) is 5. The number of rotatable bonds is 8. The van der Waals surface area contributed by atoms with E-state index in [0.717, 1.165) is 49.7 Å². The van der Waals surface area contributed by atoms with E-state index in [2.05, 4.69) is 33.3 Å². The Bertz CT molecular complexity index is 1320. The van der Waals surface area contributed by atoms with Crippen LogP contribution in [0, 0.1) is 11.8 Å². The maximum absolute atomic E-state index is 13.7. The Morgan fingerprint density at radius 2 is 1.88 bits per heavy atom. The number of aryl methyl sites for hydroxylation is 1. The molecule has 2 unspecified atom stereocenters. The Labute approximate surface area is 240 Å². The van der Waals surface area contributed by atoms with Crippen molar-refractivity contribution < 1.29 is 19.2 Å². The van der Waals surface area contributed by atoms with Crippen molar-refractivity contribution in [1.29, 1.82) is 0 Å². The van der Waals surface area contributed by atoms with E-state index in [9.17, 15) is 19.2 Å². The largest absolute Gasteiger partial charge is 0.357 e. The highest BCUT2D eigenvalue weighted by atomic mass is 16.2. The average molecular weight is 564 g/mol. The quantitative estimate of drug-likeness (QED) is 0.391. The second-order valence-electron chi connectivity index (χ2n) is 11.7. The van der Waals surface area contributed by atoms with E-state index in [4.69, 9.17) is 0 Å². The van der Waals surface area contributed by atoms with Gasteiger partial charge in [-0.05, 0) is 60.4 Å². The summed E-state index contributed by atoms with van der Waals surface area (Å²) in [6, 6.07) is 6.40. The van der Waals surface area contributed by atoms with Gasteiger partial charge >= 0.3 is 6.03 Å². The first kappa shape index (κ1) is 28.6. The number of aromatic nitrogens is 2. The third kappa shape index (κ3) is 5.67. The molecule has 1 aromatic carbocycles. The van der Waals surface area contributed by atoms with E-state index in [1.807, 2.05) is 18.2 Å². The fourth-order valence-electron chi connectivity index (χ4n) is 6.71. The number of nitrogens with zero attached hydrogens (tertiary/aromatic N) is 3. The van der Waals surface area contributed by atoms with Gasteiger partial charge in [0, 0.05) is 51.9 Å². The molecular weight excluding hydrogens is 522 g/mol. The van der Waals surface area contributed by atoms with Gasteiger partial charge in [0.05, 0.1) is 0 Å². The predicted molar refractivity (Wildman–Crippen MR) is 154 cm³/mol. The number of urea groups is 1. The van der Waals surface area contributed by atoms with Gasteiger partial charge in [0.2, 0.25) is 11.8 Å². The van der Waals surface area contributed by atoms with Crippen LogP contribution in [0.25, 0.3) is 0 Å². The van der Waals surface area contributed by atoms with Crippen molar-refractivity contribution in [2.24, 2.45) is 18.9 Å². The van der Waals surface area contributed by atoms with Gasteiger partial charge in [-0.15, -0.1) is 0 Å². The normalized spacial score (nSPS) is 23.3. The molecule has 3 atom stereocenters. The monoisotopic (exact) mass is 563 g/mol. The van der Waals surface area contributed by atoms with E-state index in [1.54, 1.807) is 31.3 Å². The molecule has 1 saturated carbocycles. The molecule has 41 heavy (non-hydrogen) atoms. The number of hydrogen-bond donors (Lipinski definition) is 4. The molecule has 1 aliphatic heterocycles. The Hall–Kier alpha value is -3.89. The molecule has 5 amide bonds. The molecule has 11 nitrogen and oxygen atoms in total. The maximum atomic E-state index is 13.7. The van der Waals surface area contributed by atoms with E-state index in [0.29, 0.717) is 37.3 Å². The number of likely N-dealkylation sites (N-methyl/N-ethyl adjacent to an activating group) is 1. The molecule has 0 bridgehead atoms. The number of fused-ring (bicyclic) bond motifs is 1. The standard InChI is InChI=1S/C30H41N7O4/c1-4-19-17-32-29(41)37(18-19)30(28(40)31-2)15-21-10-11-23(14-22(21)16-30)34-27(39)25(20-8-6-5-7-9-20)35-26(38)24-12-13-33-36(24)3/h10-14,19-20,25H,4-9,15-18H2,1-3H3,(H,31,40)(H,32,41)(H,34,39)(H,35,38)/t19?,25-,30?/m0/s1. The van der Waals surface area contributed by atoms with Crippen LogP contribution in [0.4, 0.5) is 10.5 Å². The smallest absolute Gasteiger partial charge is 0.318 e. The summed E-state index contributed by atoms with van der Waals surface area (Å²) in [5.74, 6) is -0.470. The lowest BCUT2D eigenvalue weighted by molar-refractivity contribution is -0.131. The topological polar surface area (TPSA) is 137 Å². The lowest BCUT2D eigenvalue weighted by Crippen LogP contribution is -2.66. The summed E-state index contributed by atoms with van der Waals surface area (Å²) in [6.07, 6.45) is 8.17. The van der Waals surface area contributed by atoms with Crippen molar-refractivity contribution in [1.82, 2.24) is 30.6 Å². The molecule has 0 spiro atoms. The first-order valence-corrected chi connectivity index (χ1v) is 14.7. The SMILES string of the molecule is CCC1CNC(=O)N(C2(C(=O)NC)Cc3ccc(NC(=O)[C@@H](NC(=O)c4ccnn4C)C4CCCCC4)cc3C2)C1. The van der Waals surface area contributed by atoms with E-state index in [1.165, 1.54) is 4.68 Å². The summed E-state index contributed by atoms with van der Waals surface area (Å²) in [5, 5.41) is 15.8. The van der Waals surface area contributed by atoms with Crippen LogP contribution in [0.15, 0.2) is 30.5 Å². The summed E-state index contributed by atoms with van der Waals surface area (Å²) in [6.45, 7) is 3.22. The van der Waals surface area contributed by atoms with Gasteiger partial charge in [0.25, 0.3) is 5.91 Å². The number of anilines is 1. The van der Waals surface area contributed by atoms with E-state index >= 15 is 0 Å². The molecular formula is C30H41N7O4. The molecule has 220 valence electrons. The third-order valence-corrected chi connectivity index (χ3v) is 9.16. The number of amides is 5. The molecule has 4 N–H and O–H groups in total. The minimum atomic E-state index is -1.03. The van der Waals surface area contributed by atoms with Crippen molar-refractivity contribution >= 4 is 29.4 Å². The molecule has 1 aromatic heterocycles. The first-order chi connectivity index (χ1) is 19.8.